The van der Waals surface area contributed by atoms with Crippen molar-refractivity contribution in [2.45, 2.75) is 58.1 Å². The van der Waals surface area contributed by atoms with Crippen LogP contribution in [0.2, 0.25) is 0 Å². The van der Waals surface area contributed by atoms with Gasteiger partial charge >= 0.3 is 5.97 Å². The van der Waals surface area contributed by atoms with Crippen LogP contribution in [0, 0.1) is 16.0 Å². The van der Waals surface area contributed by atoms with Gasteiger partial charge in [-0.1, -0.05) is 0 Å². The lowest BCUT2D eigenvalue weighted by molar-refractivity contribution is -0.383. The molecule has 0 bridgehead atoms. The van der Waals surface area contributed by atoms with Gasteiger partial charge in [0.05, 0.1) is 10.8 Å². The lowest BCUT2D eigenvalue weighted by atomic mass is 9.93. The average Bonchev–Trinajstić information content (AvgIpc) is 2.72. The van der Waals surface area contributed by atoms with Crippen molar-refractivity contribution in [2.24, 2.45) is 5.92 Å². The summed E-state index contributed by atoms with van der Waals surface area (Å²) >= 11 is 0. The van der Waals surface area contributed by atoms with Gasteiger partial charge in [0.25, 0.3) is 5.69 Å². The highest BCUT2D eigenvalue weighted by atomic mass is 16.6. The summed E-state index contributed by atoms with van der Waals surface area (Å²) in [4.78, 5) is 27.9. The molecule has 30 heavy (non-hydrogen) atoms. The Balaban J connectivity index is 1.51. The van der Waals surface area contributed by atoms with E-state index in [0.29, 0.717) is 11.7 Å². The summed E-state index contributed by atoms with van der Waals surface area (Å²) in [5.41, 5.74) is 1.24. The van der Waals surface area contributed by atoms with E-state index in [2.05, 4.69) is 15.1 Å². The predicted octanol–water partition coefficient (Wildman–Crippen LogP) is 3.66. The van der Waals surface area contributed by atoms with Gasteiger partial charge in [0.1, 0.15) is 11.3 Å². The predicted molar refractivity (Wildman–Crippen MR) is 118 cm³/mol. The van der Waals surface area contributed by atoms with Gasteiger partial charge in [0, 0.05) is 37.9 Å². The summed E-state index contributed by atoms with van der Waals surface area (Å²) < 4.78 is 5.55. The monoisotopic (exact) mass is 418 g/mol. The Morgan fingerprint density at radius 1 is 1.13 bits per heavy atom. The molecule has 0 radical (unpaired) electrons. The molecule has 2 heterocycles. The van der Waals surface area contributed by atoms with E-state index in [1.165, 1.54) is 0 Å². The van der Waals surface area contributed by atoms with E-state index >= 15 is 0 Å². The van der Waals surface area contributed by atoms with Crippen molar-refractivity contribution in [2.75, 3.05) is 43.4 Å². The van der Waals surface area contributed by atoms with E-state index < -0.39 is 5.60 Å². The maximum atomic E-state index is 12.3. The summed E-state index contributed by atoms with van der Waals surface area (Å²) in [5.74, 6) is -0.0453. The zero-order chi connectivity index (χ0) is 21.9. The molecule has 3 rings (SSSR count). The van der Waals surface area contributed by atoms with Crippen LogP contribution in [-0.2, 0) is 9.53 Å². The van der Waals surface area contributed by atoms with Gasteiger partial charge in [-0.3, -0.25) is 14.9 Å². The number of rotatable bonds is 5. The van der Waals surface area contributed by atoms with Gasteiger partial charge in [-0.05, 0) is 71.7 Å². The van der Waals surface area contributed by atoms with Crippen molar-refractivity contribution in [1.82, 2.24) is 4.90 Å². The molecule has 0 saturated carbocycles. The van der Waals surface area contributed by atoms with E-state index in [0.717, 1.165) is 57.5 Å². The second-order valence-corrected chi connectivity index (χ2v) is 9.27. The molecule has 0 spiro atoms. The molecule has 1 aromatic rings. The number of hydrogen-bond acceptors (Lipinski definition) is 7. The number of hydrogen-bond donors (Lipinski definition) is 1. The number of benzene rings is 1. The van der Waals surface area contributed by atoms with E-state index in [-0.39, 0.29) is 22.5 Å². The van der Waals surface area contributed by atoms with Gasteiger partial charge in [0.2, 0.25) is 0 Å². The van der Waals surface area contributed by atoms with Crippen molar-refractivity contribution < 1.29 is 14.5 Å². The summed E-state index contributed by atoms with van der Waals surface area (Å²) in [6.45, 7) is 9.48. The van der Waals surface area contributed by atoms with E-state index in [4.69, 9.17) is 4.74 Å². The van der Waals surface area contributed by atoms with Crippen LogP contribution in [0.1, 0.15) is 46.5 Å². The topological polar surface area (TPSA) is 88.0 Å². The molecule has 1 aromatic carbocycles. The highest BCUT2D eigenvalue weighted by Gasteiger charge is 2.33. The van der Waals surface area contributed by atoms with Crippen LogP contribution < -0.4 is 10.2 Å². The number of carbonyl (C=O) groups excluding carboxylic acids is 1. The zero-order valence-corrected chi connectivity index (χ0v) is 18.5. The summed E-state index contributed by atoms with van der Waals surface area (Å²) in [7, 11) is 1.71. The number of nitrogens with zero attached hydrogens (tertiary/aromatic N) is 3. The molecule has 2 fully saturated rings. The first-order valence-electron chi connectivity index (χ1n) is 10.9. The molecule has 2 aliphatic heterocycles. The van der Waals surface area contributed by atoms with Crippen LogP contribution >= 0.6 is 0 Å². The fraction of sp³-hybridized carbons (Fsp3) is 0.682. The first kappa shape index (κ1) is 22.3. The van der Waals surface area contributed by atoms with Crippen molar-refractivity contribution in [3.8, 4) is 0 Å². The average molecular weight is 419 g/mol. The standard InChI is InChI=1S/C22H34N4O4/c1-22(2,3)30-21(27)16-7-11-24(12-8-16)17-9-13-25(14-10-17)18-5-6-20(26(28)29)19(15-18)23-4/h5-6,15-17,23H,7-14H2,1-4H3. The van der Waals surface area contributed by atoms with Crippen LogP contribution in [0.25, 0.3) is 0 Å². The molecular weight excluding hydrogens is 384 g/mol. The molecule has 1 N–H and O–H groups in total. The zero-order valence-electron chi connectivity index (χ0n) is 18.5. The minimum absolute atomic E-state index is 0.0145. The lowest BCUT2D eigenvalue weighted by Gasteiger charge is -2.42. The largest absolute Gasteiger partial charge is 0.460 e. The Kier molecular flexibility index (Phi) is 6.85. The van der Waals surface area contributed by atoms with Gasteiger partial charge < -0.3 is 19.9 Å². The fourth-order valence-electron chi connectivity index (χ4n) is 4.45. The normalized spacial score (nSPS) is 19.5. The van der Waals surface area contributed by atoms with Gasteiger partial charge in [-0.15, -0.1) is 0 Å². The molecule has 0 aliphatic carbocycles. The van der Waals surface area contributed by atoms with E-state index in [9.17, 15) is 14.9 Å². The first-order valence-corrected chi connectivity index (χ1v) is 10.9. The minimum atomic E-state index is -0.425. The second-order valence-electron chi connectivity index (χ2n) is 9.27. The number of piperidine rings is 2. The van der Waals surface area contributed by atoms with Crippen LogP contribution in [0.15, 0.2) is 18.2 Å². The SMILES string of the molecule is CNc1cc(N2CCC(N3CCC(C(=O)OC(C)(C)C)CC3)CC2)ccc1[N+](=O)[O-]. The Morgan fingerprint density at radius 3 is 2.30 bits per heavy atom. The fourth-order valence-corrected chi connectivity index (χ4v) is 4.45. The van der Waals surface area contributed by atoms with E-state index in [1.807, 2.05) is 32.9 Å². The Bertz CT molecular complexity index is 761. The molecule has 0 unspecified atom stereocenters. The maximum Gasteiger partial charge on any atom is 0.309 e. The maximum absolute atomic E-state index is 12.3. The Hall–Kier alpha value is -2.35. The van der Waals surface area contributed by atoms with Crippen LogP contribution in [0.5, 0.6) is 0 Å². The smallest absolute Gasteiger partial charge is 0.309 e. The molecule has 0 aromatic heterocycles. The number of nitro groups is 1. The third-order valence-corrected chi connectivity index (χ3v) is 6.06. The number of nitrogens with one attached hydrogen (secondary N) is 1. The molecule has 8 nitrogen and oxygen atoms in total. The number of esters is 1. The number of nitro benzene ring substituents is 1. The van der Waals surface area contributed by atoms with Crippen LogP contribution in [0.4, 0.5) is 17.1 Å². The summed E-state index contributed by atoms with van der Waals surface area (Å²) in [5, 5.41) is 14.1. The number of anilines is 2. The Labute approximate surface area is 178 Å². The summed E-state index contributed by atoms with van der Waals surface area (Å²) in [6.07, 6.45) is 3.85. The van der Waals surface area contributed by atoms with Crippen LogP contribution in [-0.4, -0.2) is 60.7 Å². The number of ether oxygens (including phenoxy) is 1. The van der Waals surface area contributed by atoms with Gasteiger partial charge in [-0.2, -0.15) is 0 Å². The molecule has 2 saturated heterocycles. The molecule has 0 amide bonds. The molecule has 0 atom stereocenters. The molecule has 8 heteroatoms. The van der Waals surface area contributed by atoms with Crippen molar-refractivity contribution in [3.05, 3.63) is 28.3 Å². The first-order chi connectivity index (χ1) is 14.2. The van der Waals surface area contributed by atoms with Gasteiger partial charge in [-0.25, -0.2) is 0 Å². The third-order valence-electron chi connectivity index (χ3n) is 6.06. The van der Waals surface area contributed by atoms with Crippen molar-refractivity contribution in [3.63, 3.8) is 0 Å². The highest BCUT2D eigenvalue weighted by Crippen LogP contribution is 2.32. The van der Waals surface area contributed by atoms with Crippen LogP contribution in [0.3, 0.4) is 0 Å². The van der Waals surface area contributed by atoms with E-state index in [1.54, 1.807) is 13.1 Å². The lowest BCUT2D eigenvalue weighted by Crippen LogP contribution is -2.48. The van der Waals surface area contributed by atoms with Crippen molar-refractivity contribution in [1.29, 1.82) is 0 Å². The highest BCUT2D eigenvalue weighted by molar-refractivity contribution is 5.73. The number of carbonyl (C=O) groups is 1. The Morgan fingerprint density at radius 2 is 1.77 bits per heavy atom. The van der Waals surface area contributed by atoms with Gasteiger partial charge in [0.15, 0.2) is 0 Å². The molecule has 166 valence electrons. The minimum Gasteiger partial charge on any atom is -0.460 e. The quantitative estimate of drug-likeness (QED) is 0.443. The van der Waals surface area contributed by atoms with Crippen molar-refractivity contribution >= 4 is 23.0 Å². The molecule has 2 aliphatic rings. The third kappa shape index (κ3) is 5.41. The second kappa shape index (κ2) is 9.20. The number of likely N-dealkylation sites (tertiary alicyclic amines) is 1. The summed E-state index contributed by atoms with van der Waals surface area (Å²) in [6, 6.07) is 5.81. The molecular formula is C22H34N4O4.